The molecule has 0 unspecified atom stereocenters. The van der Waals surface area contributed by atoms with Crippen LogP contribution in [0.1, 0.15) is 25.5 Å². The lowest BCUT2D eigenvalue weighted by molar-refractivity contribution is 0.840. The molecule has 0 saturated heterocycles. The van der Waals surface area contributed by atoms with E-state index in [-0.39, 0.29) is 0 Å². The largest absolute Gasteiger partial charge is 0.364 e. The SMILES string of the molecule is CC(C)c1[nH]cc2ccncc12. The number of H-pyrrole nitrogens is 1. The van der Waals surface area contributed by atoms with Gasteiger partial charge in [-0.25, -0.2) is 0 Å². The zero-order valence-electron chi connectivity index (χ0n) is 7.33. The molecule has 0 bridgehead atoms. The number of nitrogens with one attached hydrogen (secondary N) is 1. The summed E-state index contributed by atoms with van der Waals surface area (Å²) in [7, 11) is 0. The molecule has 2 rings (SSSR count). The van der Waals surface area contributed by atoms with Crippen molar-refractivity contribution in [2.45, 2.75) is 19.8 Å². The normalized spacial score (nSPS) is 11.2. The van der Waals surface area contributed by atoms with Gasteiger partial charge in [-0.3, -0.25) is 4.98 Å². The van der Waals surface area contributed by atoms with Crippen LogP contribution in [0.4, 0.5) is 0 Å². The molecule has 0 aliphatic rings. The van der Waals surface area contributed by atoms with Crippen LogP contribution < -0.4 is 0 Å². The highest BCUT2D eigenvalue weighted by molar-refractivity contribution is 5.84. The van der Waals surface area contributed by atoms with Crippen LogP contribution in [-0.4, -0.2) is 9.97 Å². The molecule has 2 heteroatoms. The Kier molecular flexibility index (Phi) is 1.61. The molecule has 62 valence electrons. The highest BCUT2D eigenvalue weighted by Gasteiger charge is 2.05. The van der Waals surface area contributed by atoms with Crippen molar-refractivity contribution >= 4 is 10.8 Å². The van der Waals surface area contributed by atoms with Crippen LogP contribution in [-0.2, 0) is 0 Å². The van der Waals surface area contributed by atoms with Crippen LogP contribution in [0.5, 0.6) is 0 Å². The summed E-state index contributed by atoms with van der Waals surface area (Å²) >= 11 is 0. The van der Waals surface area contributed by atoms with Gasteiger partial charge in [0.2, 0.25) is 0 Å². The molecule has 0 aliphatic carbocycles. The fraction of sp³-hybridized carbons (Fsp3) is 0.300. The first-order chi connectivity index (χ1) is 5.79. The first-order valence-electron chi connectivity index (χ1n) is 4.20. The molecule has 0 aromatic carbocycles. The number of aromatic amines is 1. The Bertz CT molecular complexity index is 387. The molecule has 0 saturated carbocycles. The number of nitrogens with zero attached hydrogens (tertiary/aromatic N) is 1. The Morgan fingerprint density at radius 2 is 2.25 bits per heavy atom. The summed E-state index contributed by atoms with van der Waals surface area (Å²) in [5.41, 5.74) is 1.28. The van der Waals surface area contributed by atoms with Gasteiger partial charge in [0.15, 0.2) is 0 Å². The molecule has 0 radical (unpaired) electrons. The topological polar surface area (TPSA) is 28.7 Å². The summed E-state index contributed by atoms with van der Waals surface area (Å²) in [4.78, 5) is 7.38. The molecular formula is C10H12N2. The third kappa shape index (κ3) is 0.998. The summed E-state index contributed by atoms with van der Waals surface area (Å²) in [6, 6.07) is 2.03. The molecule has 0 atom stereocenters. The molecule has 0 spiro atoms. The van der Waals surface area contributed by atoms with Crippen LogP contribution in [0.15, 0.2) is 24.7 Å². The molecule has 12 heavy (non-hydrogen) atoms. The van der Waals surface area contributed by atoms with Crippen molar-refractivity contribution in [3.05, 3.63) is 30.4 Å². The molecule has 2 nitrogen and oxygen atoms in total. The maximum atomic E-state index is 4.11. The third-order valence-electron chi connectivity index (χ3n) is 2.11. The van der Waals surface area contributed by atoms with Crippen molar-refractivity contribution in [2.24, 2.45) is 0 Å². The van der Waals surface area contributed by atoms with E-state index in [0.717, 1.165) is 0 Å². The van der Waals surface area contributed by atoms with Gasteiger partial charge in [0, 0.05) is 35.1 Å². The van der Waals surface area contributed by atoms with E-state index in [0.29, 0.717) is 5.92 Å². The molecule has 2 aromatic rings. The van der Waals surface area contributed by atoms with Gasteiger partial charge in [-0.2, -0.15) is 0 Å². The lowest BCUT2D eigenvalue weighted by Gasteiger charge is -2.01. The van der Waals surface area contributed by atoms with Crippen LogP contribution in [0.3, 0.4) is 0 Å². The highest BCUT2D eigenvalue weighted by Crippen LogP contribution is 2.22. The Morgan fingerprint density at radius 1 is 1.42 bits per heavy atom. The molecule has 0 fully saturated rings. The predicted octanol–water partition coefficient (Wildman–Crippen LogP) is 2.69. The van der Waals surface area contributed by atoms with Crippen molar-refractivity contribution in [3.63, 3.8) is 0 Å². The van der Waals surface area contributed by atoms with E-state index in [9.17, 15) is 0 Å². The molecule has 1 N–H and O–H groups in total. The van der Waals surface area contributed by atoms with E-state index < -0.39 is 0 Å². The van der Waals surface area contributed by atoms with Gasteiger partial charge in [-0.1, -0.05) is 13.8 Å². The molecule has 0 amide bonds. The first kappa shape index (κ1) is 7.35. The lowest BCUT2D eigenvalue weighted by atomic mass is 10.1. The minimum Gasteiger partial charge on any atom is -0.364 e. The van der Waals surface area contributed by atoms with Crippen molar-refractivity contribution in [1.29, 1.82) is 0 Å². The fourth-order valence-corrected chi connectivity index (χ4v) is 1.47. The van der Waals surface area contributed by atoms with Crippen LogP contribution >= 0.6 is 0 Å². The summed E-state index contributed by atoms with van der Waals surface area (Å²) in [6.45, 7) is 4.36. The Balaban J connectivity index is 2.70. The van der Waals surface area contributed by atoms with Crippen LogP contribution in [0.2, 0.25) is 0 Å². The summed E-state index contributed by atoms with van der Waals surface area (Å²) in [5, 5.41) is 2.49. The van der Waals surface area contributed by atoms with Crippen molar-refractivity contribution < 1.29 is 0 Å². The van der Waals surface area contributed by atoms with Gasteiger partial charge >= 0.3 is 0 Å². The summed E-state index contributed by atoms with van der Waals surface area (Å²) < 4.78 is 0. The van der Waals surface area contributed by atoms with Crippen molar-refractivity contribution in [3.8, 4) is 0 Å². The fourth-order valence-electron chi connectivity index (χ4n) is 1.47. The monoisotopic (exact) mass is 160 g/mol. The van der Waals surface area contributed by atoms with Gasteiger partial charge in [0.25, 0.3) is 0 Å². The first-order valence-corrected chi connectivity index (χ1v) is 4.20. The molecule has 0 aliphatic heterocycles. The van der Waals surface area contributed by atoms with Gasteiger partial charge in [-0.15, -0.1) is 0 Å². The summed E-state index contributed by atoms with van der Waals surface area (Å²) in [6.07, 6.45) is 5.77. The van der Waals surface area contributed by atoms with Crippen LogP contribution in [0, 0.1) is 0 Å². The second-order valence-electron chi connectivity index (χ2n) is 3.32. The number of rotatable bonds is 1. The zero-order chi connectivity index (χ0) is 8.55. The second-order valence-corrected chi connectivity index (χ2v) is 3.32. The van der Waals surface area contributed by atoms with Gasteiger partial charge in [0.05, 0.1) is 0 Å². The smallest absolute Gasteiger partial charge is 0.0364 e. The Labute approximate surface area is 71.6 Å². The zero-order valence-corrected chi connectivity index (χ0v) is 7.33. The lowest BCUT2D eigenvalue weighted by Crippen LogP contribution is -1.86. The Hall–Kier alpha value is -1.31. The van der Waals surface area contributed by atoms with E-state index >= 15 is 0 Å². The number of aromatic nitrogens is 2. The number of pyridine rings is 1. The van der Waals surface area contributed by atoms with Gasteiger partial charge in [-0.05, 0) is 12.0 Å². The average Bonchev–Trinajstić information content (AvgIpc) is 2.47. The maximum absolute atomic E-state index is 4.11. The summed E-state index contributed by atoms with van der Waals surface area (Å²) in [5.74, 6) is 0.534. The van der Waals surface area contributed by atoms with Crippen molar-refractivity contribution in [1.82, 2.24) is 9.97 Å². The van der Waals surface area contributed by atoms with E-state index in [2.05, 4.69) is 23.8 Å². The second kappa shape index (κ2) is 2.63. The predicted molar refractivity (Wildman–Crippen MR) is 50.2 cm³/mol. The van der Waals surface area contributed by atoms with Gasteiger partial charge in [0.1, 0.15) is 0 Å². The maximum Gasteiger partial charge on any atom is 0.0364 e. The van der Waals surface area contributed by atoms with Gasteiger partial charge < -0.3 is 4.98 Å². The quantitative estimate of drug-likeness (QED) is 0.682. The van der Waals surface area contributed by atoms with E-state index in [4.69, 9.17) is 0 Å². The standard InChI is InChI=1S/C10H12N2/c1-7(2)10-9-6-11-4-3-8(9)5-12-10/h3-7,12H,1-2H3. The average molecular weight is 160 g/mol. The molecule has 2 aromatic heterocycles. The number of hydrogen-bond donors (Lipinski definition) is 1. The molecular weight excluding hydrogens is 148 g/mol. The third-order valence-corrected chi connectivity index (χ3v) is 2.11. The number of hydrogen-bond acceptors (Lipinski definition) is 1. The van der Waals surface area contributed by atoms with Crippen molar-refractivity contribution in [2.75, 3.05) is 0 Å². The highest BCUT2D eigenvalue weighted by atomic mass is 14.7. The molecule has 2 heterocycles. The Morgan fingerprint density at radius 3 is 3.00 bits per heavy atom. The van der Waals surface area contributed by atoms with Crippen LogP contribution in [0.25, 0.3) is 10.8 Å². The van der Waals surface area contributed by atoms with E-state index in [1.807, 2.05) is 24.7 Å². The van der Waals surface area contributed by atoms with E-state index in [1.54, 1.807) is 0 Å². The number of fused-ring (bicyclic) bond motifs is 1. The van der Waals surface area contributed by atoms with E-state index in [1.165, 1.54) is 16.5 Å². The minimum absolute atomic E-state index is 0.534. The minimum atomic E-state index is 0.534.